The Morgan fingerprint density at radius 3 is 2.87 bits per heavy atom. The van der Waals surface area contributed by atoms with Gasteiger partial charge in [-0.25, -0.2) is 4.98 Å². The fraction of sp³-hybridized carbons (Fsp3) is 0.500. The van der Waals surface area contributed by atoms with Crippen molar-refractivity contribution < 1.29 is 4.79 Å². The van der Waals surface area contributed by atoms with Crippen LogP contribution in [-0.2, 0) is 11.3 Å². The van der Waals surface area contributed by atoms with Crippen LogP contribution < -0.4 is 10.6 Å². The minimum Gasteiger partial charge on any atom is -0.352 e. The first-order valence-corrected chi connectivity index (χ1v) is 7.67. The lowest BCUT2D eigenvalue weighted by molar-refractivity contribution is -0.123. The van der Waals surface area contributed by atoms with Crippen LogP contribution in [0.15, 0.2) is 24.5 Å². The average molecular weight is 357 g/mol. The molecule has 2 heterocycles. The number of nitrogens with zero attached hydrogens (tertiary/aromatic N) is 1. The third-order valence-electron chi connectivity index (χ3n) is 5.06. The number of piperidine rings is 1. The standard InChI is InChI=1S/C16H20N4O.2ClH/c21-15(12-8-16(12)3-5-17-6-4-16)18-9-11-1-2-13-14(7-11)20-10-19-13;;/h1-2,7,10,12,17H,3-6,8-9H2,(H,18,21)(H,19,20);2*1H. The van der Waals surface area contributed by atoms with Crippen LogP contribution in [0.2, 0.25) is 0 Å². The minimum atomic E-state index is 0. The molecular formula is C16H22Cl2N4O. The van der Waals surface area contributed by atoms with Crippen LogP contribution in [0.25, 0.3) is 11.0 Å². The third kappa shape index (κ3) is 3.47. The number of aromatic nitrogens is 2. The van der Waals surface area contributed by atoms with Crippen molar-refractivity contribution in [2.24, 2.45) is 11.3 Å². The molecule has 1 aliphatic carbocycles. The molecule has 2 aromatic rings. The van der Waals surface area contributed by atoms with Crippen LogP contribution in [-0.4, -0.2) is 29.0 Å². The van der Waals surface area contributed by atoms with E-state index in [0.29, 0.717) is 12.0 Å². The maximum Gasteiger partial charge on any atom is 0.223 e. The van der Waals surface area contributed by atoms with Gasteiger partial charge in [0, 0.05) is 12.5 Å². The number of imidazole rings is 1. The van der Waals surface area contributed by atoms with E-state index in [9.17, 15) is 4.79 Å². The first-order chi connectivity index (χ1) is 10.3. The van der Waals surface area contributed by atoms with Crippen molar-refractivity contribution in [3.63, 3.8) is 0 Å². The molecule has 0 radical (unpaired) electrons. The van der Waals surface area contributed by atoms with Gasteiger partial charge in [0.2, 0.25) is 5.91 Å². The summed E-state index contributed by atoms with van der Waals surface area (Å²) in [7, 11) is 0. The summed E-state index contributed by atoms with van der Waals surface area (Å²) in [6.45, 7) is 2.71. The van der Waals surface area contributed by atoms with Gasteiger partial charge in [-0.15, -0.1) is 24.8 Å². The molecular weight excluding hydrogens is 335 g/mol. The van der Waals surface area contributed by atoms with Crippen LogP contribution in [0.1, 0.15) is 24.8 Å². The molecule has 1 unspecified atom stereocenters. The molecule has 1 saturated carbocycles. The first kappa shape index (κ1) is 18.0. The van der Waals surface area contributed by atoms with Crippen molar-refractivity contribution >= 4 is 41.8 Å². The fourth-order valence-corrected chi connectivity index (χ4v) is 3.60. The lowest BCUT2D eigenvalue weighted by Gasteiger charge is -2.23. The van der Waals surface area contributed by atoms with Gasteiger partial charge < -0.3 is 15.6 Å². The average Bonchev–Trinajstić information content (AvgIpc) is 2.99. The maximum absolute atomic E-state index is 12.3. The Kier molecular flexibility index (Phi) is 5.55. The molecule has 23 heavy (non-hydrogen) atoms. The van der Waals surface area contributed by atoms with Gasteiger partial charge in [-0.2, -0.15) is 0 Å². The summed E-state index contributed by atoms with van der Waals surface area (Å²) in [5.41, 5.74) is 3.40. The van der Waals surface area contributed by atoms with Gasteiger partial charge in [0.1, 0.15) is 0 Å². The third-order valence-corrected chi connectivity index (χ3v) is 5.06. The minimum absolute atomic E-state index is 0. The smallest absolute Gasteiger partial charge is 0.223 e. The summed E-state index contributed by atoms with van der Waals surface area (Å²) >= 11 is 0. The highest BCUT2D eigenvalue weighted by Crippen LogP contribution is 2.58. The van der Waals surface area contributed by atoms with Crippen molar-refractivity contribution in [2.45, 2.75) is 25.8 Å². The molecule has 1 aromatic carbocycles. The summed E-state index contributed by atoms with van der Waals surface area (Å²) < 4.78 is 0. The van der Waals surface area contributed by atoms with Crippen molar-refractivity contribution in [2.75, 3.05) is 13.1 Å². The van der Waals surface area contributed by atoms with Gasteiger partial charge in [-0.05, 0) is 55.5 Å². The zero-order valence-corrected chi connectivity index (χ0v) is 14.4. The summed E-state index contributed by atoms with van der Waals surface area (Å²) in [4.78, 5) is 19.6. The second kappa shape index (κ2) is 7.07. The molecule has 5 nitrogen and oxygen atoms in total. The second-order valence-electron chi connectivity index (χ2n) is 6.34. The molecule has 0 bridgehead atoms. The Labute approximate surface area is 147 Å². The van der Waals surface area contributed by atoms with Gasteiger partial charge in [-0.3, -0.25) is 4.79 Å². The second-order valence-corrected chi connectivity index (χ2v) is 6.34. The van der Waals surface area contributed by atoms with Crippen molar-refractivity contribution in [1.29, 1.82) is 0 Å². The molecule has 2 aliphatic rings. The normalized spacial score (nSPS) is 21.3. The number of halogens is 2. The number of hydrogen-bond donors (Lipinski definition) is 3. The van der Waals surface area contributed by atoms with Crippen molar-refractivity contribution in [3.05, 3.63) is 30.1 Å². The van der Waals surface area contributed by atoms with E-state index in [1.54, 1.807) is 6.33 Å². The quantitative estimate of drug-likeness (QED) is 0.790. The molecule has 4 rings (SSSR count). The molecule has 1 spiro atoms. The number of fused-ring (bicyclic) bond motifs is 1. The number of carbonyl (C=O) groups is 1. The Hall–Kier alpha value is -1.30. The lowest BCUT2D eigenvalue weighted by Crippen LogP contribution is -2.33. The van der Waals surface area contributed by atoms with Crippen molar-refractivity contribution in [3.8, 4) is 0 Å². The van der Waals surface area contributed by atoms with E-state index < -0.39 is 0 Å². The summed E-state index contributed by atoms with van der Waals surface area (Å²) in [6.07, 6.45) is 5.05. The van der Waals surface area contributed by atoms with Crippen LogP contribution in [0.5, 0.6) is 0 Å². The first-order valence-electron chi connectivity index (χ1n) is 7.67. The predicted molar refractivity (Wildman–Crippen MR) is 95.1 cm³/mol. The Bertz CT molecular complexity index is 682. The predicted octanol–water partition coefficient (Wildman–Crippen LogP) is 2.41. The zero-order valence-electron chi connectivity index (χ0n) is 12.8. The Morgan fingerprint density at radius 2 is 2.09 bits per heavy atom. The van der Waals surface area contributed by atoms with Crippen LogP contribution in [0.4, 0.5) is 0 Å². The number of hydrogen-bond acceptors (Lipinski definition) is 3. The Balaban J connectivity index is 0.000000960. The zero-order chi connectivity index (χ0) is 14.3. The van der Waals surface area contributed by atoms with E-state index in [1.165, 1.54) is 0 Å². The monoisotopic (exact) mass is 356 g/mol. The van der Waals surface area contributed by atoms with Crippen LogP contribution >= 0.6 is 24.8 Å². The van der Waals surface area contributed by atoms with E-state index in [-0.39, 0.29) is 36.6 Å². The molecule has 3 N–H and O–H groups in total. The van der Waals surface area contributed by atoms with E-state index >= 15 is 0 Å². The van der Waals surface area contributed by atoms with E-state index in [2.05, 4.69) is 26.7 Å². The molecule has 1 atom stereocenters. The van der Waals surface area contributed by atoms with Crippen LogP contribution in [0.3, 0.4) is 0 Å². The van der Waals surface area contributed by atoms with E-state index in [4.69, 9.17) is 0 Å². The number of aromatic amines is 1. The Morgan fingerprint density at radius 1 is 1.30 bits per heavy atom. The molecule has 1 amide bonds. The molecule has 2 fully saturated rings. The fourth-order valence-electron chi connectivity index (χ4n) is 3.60. The van der Waals surface area contributed by atoms with Gasteiger partial charge in [0.05, 0.1) is 17.4 Å². The molecule has 7 heteroatoms. The number of amides is 1. The highest BCUT2D eigenvalue weighted by molar-refractivity contribution is 5.85. The highest BCUT2D eigenvalue weighted by atomic mass is 35.5. The number of carbonyl (C=O) groups excluding carboxylic acids is 1. The number of rotatable bonds is 3. The highest BCUT2D eigenvalue weighted by Gasteiger charge is 2.57. The molecule has 1 aliphatic heterocycles. The number of H-pyrrole nitrogens is 1. The summed E-state index contributed by atoms with van der Waals surface area (Å²) in [5, 5.41) is 6.47. The van der Waals surface area contributed by atoms with Gasteiger partial charge in [-0.1, -0.05) is 6.07 Å². The molecule has 1 aromatic heterocycles. The maximum atomic E-state index is 12.3. The van der Waals surface area contributed by atoms with E-state index in [0.717, 1.165) is 48.9 Å². The lowest BCUT2D eigenvalue weighted by atomic mass is 9.92. The molecule has 1 saturated heterocycles. The molecule has 126 valence electrons. The number of benzene rings is 1. The van der Waals surface area contributed by atoms with E-state index in [1.807, 2.05) is 12.1 Å². The van der Waals surface area contributed by atoms with Gasteiger partial charge >= 0.3 is 0 Å². The van der Waals surface area contributed by atoms with Gasteiger partial charge in [0.25, 0.3) is 0 Å². The van der Waals surface area contributed by atoms with Gasteiger partial charge in [0.15, 0.2) is 0 Å². The summed E-state index contributed by atoms with van der Waals surface area (Å²) in [6, 6.07) is 6.06. The topological polar surface area (TPSA) is 69.8 Å². The SMILES string of the molecule is Cl.Cl.O=C(NCc1ccc2nc[nH]c2c1)C1CC12CCNCC2. The van der Waals surface area contributed by atoms with Crippen molar-refractivity contribution in [1.82, 2.24) is 20.6 Å². The largest absolute Gasteiger partial charge is 0.352 e. The summed E-state index contributed by atoms with van der Waals surface area (Å²) in [5.74, 6) is 0.456. The number of nitrogens with one attached hydrogen (secondary N) is 3. The van der Waals surface area contributed by atoms with Crippen LogP contribution in [0, 0.1) is 11.3 Å².